The molecule has 0 aliphatic heterocycles. The Morgan fingerprint density at radius 2 is 2.00 bits per heavy atom. The molecular formula is C14H11ClFNO3S. The highest BCUT2D eigenvalue weighted by Gasteiger charge is 2.12. The molecule has 1 heterocycles. The quantitative estimate of drug-likeness (QED) is 0.859. The highest BCUT2D eigenvalue weighted by molar-refractivity contribution is 7.17. The summed E-state index contributed by atoms with van der Waals surface area (Å²) >= 11 is 6.76. The molecule has 0 bridgehead atoms. The monoisotopic (exact) mass is 327 g/mol. The van der Waals surface area contributed by atoms with Crippen molar-refractivity contribution in [2.45, 2.75) is 6.54 Å². The predicted octanol–water partition coefficient (Wildman–Crippen LogP) is 3.01. The van der Waals surface area contributed by atoms with E-state index in [0.29, 0.717) is 14.8 Å². The standard InChI is InChI=1S/C14H11ClFNO3S/c15-12-6-5-11(21-12)14(19)20-8-13(18)17-7-9-3-1-2-4-10(9)16/h1-6H,7-8H2,(H,17,18). The number of halogens is 2. The highest BCUT2D eigenvalue weighted by Crippen LogP contribution is 2.21. The minimum atomic E-state index is -0.618. The number of rotatable bonds is 5. The van der Waals surface area contributed by atoms with E-state index in [1.54, 1.807) is 24.3 Å². The lowest BCUT2D eigenvalue weighted by Gasteiger charge is -2.06. The number of hydrogen-bond acceptors (Lipinski definition) is 4. The Morgan fingerprint density at radius 3 is 2.67 bits per heavy atom. The molecule has 7 heteroatoms. The first kappa shape index (κ1) is 15.5. The Labute approximate surface area is 129 Å². The number of benzene rings is 1. The molecule has 0 saturated heterocycles. The molecule has 2 rings (SSSR count). The molecule has 0 unspecified atom stereocenters. The van der Waals surface area contributed by atoms with E-state index < -0.39 is 24.3 Å². The summed E-state index contributed by atoms with van der Waals surface area (Å²) in [6.45, 7) is -0.392. The first-order chi connectivity index (χ1) is 10.1. The lowest BCUT2D eigenvalue weighted by Crippen LogP contribution is -2.28. The highest BCUT2D eigenvalue weighted by atomic mass is 35.5. The maximum atomic E-state index is 13.3. The van der Waals surface area contributed by atoms with E-state index in [-0.39, 0.29) is 6.54 Å². The first-order valence-electron chi connectivity index (χ1n) is 5.99. The van der Waals surface area contributed by atoms with Gasteiger partial charge >= 0.3 is 5.97 Å². The molecule has 2 aromatic rings. The molecule has 0 atom stereocenters. The maximum Gasteiger partial charge on any atom is 0.348 e. The van der Waals surface area contributed by atoms with Crippen molar-refractivity contribution in [2.75, 3.05) is 6.61 Å². The molecule has 4 nitrogen and oxygen atoms in total. The van der Waals surface area contributed by atoms with Crippen LogP contribution in [0.4, 0.5) is 4.39 Å². The molecule has 1 aromatic carbocycles. The topological polar surface area (TPSA) is 55.4 Å². The van der Waals surface area contributed by atoms with Gasteiger partial charge in [-0.3, -0.25) is 4.79 Å². The first-order valence-corrected chi connectivity index (χ1v) is 7.18. The fraction of sp³-hybridized carbons (Fsp3) is 0.143. The van der Waals surface area contributed by atoms with Crippen LogP contribution in [0.2, 0.25) is 4.34 Å². The molecule has 0 saturated carbocycles. The molecular weight excluding hydrogens is 317 g/mol. The van der Waals surface area contributed by atoms with Gasteiger partial charge in [-0.25, -0.2) is 9.18 Å². The zero-order chi connectivity index (χ0) is 15.2. The van der Waals surface area contributed by atoms with Crippen molar-refractivity contribution in [1.29, 1.82) is 0 Å². The second-order valence-corrected chi connectivity index (χ2v) is 5.76. The fourth-order valence-corrected chi connectivity index (χ4v) is 2.45. The number of thiophene rings is 1. The fourth-order valence-electron chi connectivity index (χ4n) is 1.51. The third kappa shape index (κ3) is 4.54. The molecule has 0 aliphatic rings. The minimum absolute atomic E-state index is 0.0356. The van der Waals surface area contributed by atoms with E-state index in [1.165, 1.54) is 12.1 Å². The van der Waals surface area contributed by atoms with Crippen LogP contribution in [0, 0.1) is 5.82 Å². The van der Waals surface area contributed by atoms with Crippen LogP contribution in [-0.2, 0) is 16.1 Å². The second kappa shape index (κ2) is 7.19. The molecule has 110 valence electrons. The Balaban J connectivity index is 1.78. The Morgan fingerprint density at radius 1 is 1.24 bits per heavy atom. The van der Waals surface area contributed by atoms with Crippen molar-refractivity contribution in [1.82, 2.24) is 5.32 Å². The van der Waals surface area contributed by atoms with Gasteiger partial charge in [-0.2, -0.15) is 0 Å². The van der Waals surface area contributed by atoms with E-state index in [0.717, 1.165) is 11.3 Å². The van der Waals surface area contributed by atoms with Crippen molar-refractivity contribution in [3.05, 3.63) is 57.0 Å². The van der Waals surface area contributed by atoms with Gasteiger partial charge in [0.05, 0.1) is 4.34 Å². The summed E-state index contributed by atoms with van der Waals surface area (Å²) in [7, 11) is 0. The molecule has 21 heavy (non-hydrogen) atoms. The van der Waals surface area contributed by atoms with Gasteiger partial charge in [0.25, 0.3) is 5.91 Å². The van der Waals surface area contributed by atoms with Crippen LogP contribution in [-0.4, -0.2) is 18.5 Å². The summed E-state index contributed by atoms with van der Waals surface area (Å²) in [4.78, 5) is 23.4. The van der Waals surface area contributed by atoms with Gasteiger partial charge in [-0.1, -0.05) is 29.8 Å². The molecule has 1 N–H and O–H groups in total. The van der Waals surface area contributed by atoms with Crippen molar-refractivity contribution in [3.63, 3.8) is 0 Å². The van der Waals surface area contributed by atoms with Gasteiger partial charge in [0.1, 0.15) is 10.7 Å². The Kier molecular flexibility index (Phi) is 5.30. The number of hydrogen-bond donors (Lipinski definition) is 1. The summed E-state index contributed by atoms with van der Waals surface area (Å²) < 4.78 is 18.6. The van der Waals surface area contributed by atoms with E-state index >= 15 is 0 Å². The lowest BCUT2D eigenvalue weighted by atomic mass is 10.2. The second-order valence-electron chi connectivity index (χ2n) is 4.05. The van der Waals surface area contributed by atoms with E-state index in [9.17, 15) is 14.0 Å². The summed E-state index contributed by atoms with van der Waals surface area (Å²) in [5.41, 5.74) is 0.363. The number of amides is 1. The third-order valence-electron chi connectivity index (χ3n) is 2.54. The summed E-state index contributed by atoms with van der Waals surface area (Å²) in [5.74, 6) is -1.52. The van der Waals surface area contributed by atoms with Crippen LogP contribution >= 0.6 is 22.9 Å². The Hall–Kier alpha value is -1.92. The van der Waals surface area contributed by atoms with Gasteiger partial charge in [0, 0.05) is 12.1 Å². The van der Waals surface area contributed by atoms with Crippen molar-refractivity contribution in [2.24, 2.45) is 0 Å². The van der Waals surface area contributed by atoms with Gasteiger partial charge < -0.3 is 10.1 Å². The van der Waals surface area contributed by atoms with Crippen LogP contribution in [0.15, 0.2) is 36.4 Å². The molecule has 0 radical (unpaired) electrons. The van der Waals surface area contributed by atoms with Crippen LogP contribution in [0.1, 0.15) is 15.2 Å². The number of carbonyl (C=O) groups is 2. The van der Waals surface area contributed by atoms with Crippen molar-refractivity contribution in [3.8, 4) is 0 Å². The van der Waals surface area contributed by atoms with Gasteiger partial charge in [-0.15, -0.1) is 11.3 Å². The Bertz CT molecular complexity index is 659. The van der Waals surface area contributed by atoms with Gasteiger partial charge in [0.2, 0.25) is 0 Å². The van der Waals surface area contributed by atoms with Crippen molar-refractivity contribution >= 4 is 34.8 Å². The average Bonchev–Trinajstić information content (AvgIpc) is 2.90. The van der Waals surface area contributed by atoms with Crippen LogP contribution in [0.5, 0.6) is 0 Å². The number of carbonyl (C=O) groups excluding carboxylic acids is 2. The smallest absolute Gasteiger partial charge is 0.348 e. The van der Waals surface area contributed by atoms with Crippen LogP contribution in [0.3, 0.4) is 0 Å². The molecule has 1 aromatic heterocycles. The SMILES string of the molecule is O=C(COC(=O)c1ccc(Cl)s1)NCc1ccccc1F. The molecule has 0 aliphatic carbocycles. The van der Waals surface area contributed by atoms with Crippen LogP contribution in [0.25, 0.3) is 0 Å². The van der Waals surface area contributed by atoms with Gasteiger partial charge in [0.15, 0.2) is 6.61 Å². The summed E-state index contributed by atoms with van der Waals surface area (Å²) in [6.07, 6.45) is 0. The van der Waals surface area contributed by atoms with Crippen molar-refractivity contribution < 1.29 is 18.7 Å². The largest absolute Gasteiger partial charge is 0.451 e. The number of esters is 1. The van der Waals surface area contributed by atoms with Crippen LogP contribution < -0.4 is 5.32 Å². The number of nitrogens with one attached hydrogen (secondary N) is 1. The zero-order valence-corrected chi connectivity index (χ0v) is 12.3. The summed E-state index contributed by atoms with van der Waals surface area (Å²) in [6, 6.07) is 9.20. The van der Waals surface area contributed by atoms with E-state index in [4.69, 9.17) is 16.3 Å². The van der Waals surface area contributed by atoms with Gasteiger partial charge in [-0.05, 0) is 18.2 Å². The van der Waals surface area contributed by atoms with E-state index in [1.807, 2.05) is 0 Å². The number of ether oxygens (including phenoxy) is 1. The third-order valence-corrected chi connectivity index (χ3v) is 3.75. The maximum absolute atomic E-state index is 13.3. The summed E-state index contributed by atoms with van der Waals surface area (Å²) in [5, 5.41) is 2.47. The molecule has 1 amide bonds. The normalized spacial score (nSPS) is 10.2. The minimum Gasteiger partial charge on any atom is -0.451 e. The molecule has 0 fully saturated rings. The average molecular weight is 328 g/mol. The zero-order valence-electron chi connectivity index (χ0n) is 10.8. The predicted molar refractivity (Wildman–Crippen MR) is 77.9 cm³/mol. The molecule has 0 spiro atoms. The van der Waals surface area contributed by atoms with E-state index in [2.05, 4.69) is 5.32 Å². The lowest BCUT2D eigenvalue weighted by molar-refractivity contribution is -0.124.